The highest BCUT2D eigenvalue weighted by Gasteiger charge is 2.36. The fourth-order valence-electron chi connectivity index (χ4n) is 2.62. The summed E-state index contributed by atoms with van der Waals surface area (Å²) in [6.45, 7) is 3.98. The summed E-state index contributed by atoms with van der Waals surface area (Å²) in [4.78, 5) is 21.5. The van der Waals surface area contributed by atoms with Gasteiger partial charge in [-0.25, -0.2) is 9.78 Å². The van der Waals surface area contributed by atoms with Gasteiger partial charge < -0.3 is 15.7 Å². The number of anilines is 2. The van der Waals surface area contributed by atoms with Crippen LogP contribution >= 0.6 is 0 Å². The molecular weight excluding hydrogens is 303 g/mol. The van der Waals surface area contributed by atoms with Crippen LogP contribution in [0.15, 0.2) is 6.20 Å². The number of hydrogen-bond acceptors (Lipinski definition) is 5. The molecule has 1 fully saturated rings. The third kappa shape index (κ3) is 3.00. The SMILES string of the molecule is C[C@@H]1CN(c2ncc(C(F)(F)F)c(N)n2)C[C@H](C)N1C(=O)O. The van der Waals surface area contributed by atoms with Gasteiger partial charge in [-0.2, -0.15) is 18.2 Å². The molecule has 1 saturated heterocycles. The summed E-state index contributed by atoms with van der Waals surface area (Å²) in [5, 5.41) is 9.14. The molecule has 0 aliphatic carbocycles. The molecule has 1 aromatic heterocycles. The van der Waals surface area contributed by atoms with Gasteiger partial charge in [0.15, 0.2) is 0 Å². The van der Waals surface area contributed by atoms with Gasteiger partial charge in [-0.1, -0.05) is 0 Å². The fourth-order valence-corrected chi connectivity index (χ4v) is 2.62. The van der Waals surface area contributed by atoms with Crippen molar-refractivity contribution in [3.05, 3.63) is 11.8 Å². The van der Waals surface area contributed by atoms with Crippen molar-refractivity contribution in [1.29, 1.82) is 0 Å². The maximum absolute atomic E-state index is 12.6. The predicted molar refractivity (Wildman–Crippen MR) is 72.4 cm³/mol. The van der Waals surface area contributed by atoms with Crippen molar-refractivity contribution < 1.29 is 23.1 Å². The number of alkyl halides is 3. The molecule has 0 unspecified atom stereocenters. The number of carboxylic acid groups (broad SMARTS) is 1. The van der Waals surface area contributed by atoms with Gasteiger partial charge in [0.25, 0.3) is 0 Å². The van der Waals surface area contributed by atoms with E-state index in [1.165, 1.54) is 4.90 Å². The van der Waals surface area contributed by atoms with Crippen LogP contribution in [-0.2, 0) is 6.18 Å². The Labute approximate surface area is 124 Å². The number of amides is 1. The Hall–Kier alpha value is -2.26. The third-order valence-electron chi connectivity index (χ3n) is 3.53. The number of carbonyl (C=O) groups is 1. The zero-order valence-electron chi connectivity index (χ0n) is 12.0. The molecule has 10 heteroatoms. The van der Waals surface area contributed by atoms with E-state index in [0.29, 0.717) is 6.20 Å². The van der Waals surface area contributed by atoms with E-state index in [9.17, 15) is 18.0 Å². The second-order valence-electron chi connectivity index (χ2n) is 5.26. The first kappa shape index (κ1) is 16.1. The summed E-state index contributed by atoms with van der Waals surface area (Å²) in [7, 11) is 0. The summed E-state index contributed by atoms with van der Waals surface area (Å²) in [5.74, 6) is -0.576. The van der Waals surface area contributed by atoms with E-state index in [-0.39, 0.29) is 31.1 Å². The van der Waals surface area contributed by atoms with E-state index in [4.69, 9.17) is 10.8 Å². The van der Waals surface area contributed by atoms with Gasteiger partial charge in [-0.3, -0.25) is 4.90 Å². The van der Waals surface area contributed by atoms with Gasteiger partial charge in [-0.15, -0.1) is 0 Å². The molecular formula is C12H16F3N5O2. The number of hydrogen-bond donors (Lipinski definition) is 2. The van der Waals surface area contributed by atoms with E-state index >= 15 is 0 Å². The number of piperazine rings is 1. The summed E-state index contributed by atoms with van der Waals surface area (Å²) in [6, 6.07) is -0.679. The van der Waals surface area contributed by atoms with Crippen LogP contribution in [0.3, 0.4) is 0 Å². The zero-order valence-corrected chi connectivity index (χ0v) is 12.0. The Morgan fingerprint density at radius 1 is 1.36 bits per heavy atom. The average Bonchev–Trinajstić information content (AvgIpc) is 2.35. The number of aromatic nitrogens is 2. The molecule has 1 aromatic rings. The Morgan fingerprint density at radius 2 is 1.91 bits per heavy atom. The van der Waals surface area contributed by atoms with Crippen molar-refractivity contribution in [3.63, 3.8) is 0 Å². The molecule has 0 spiro atoms. The first-order chi connectivity index (χ1) is 10.1. The quantitative estimate of drug-likeness (QED) is 0.817. The van der Waals surface area contributed by atoms with Gasteiger partial charge in [-0.05, 0) is 13.8 Å². The summed E-state index contributed by atoms with van der Waals surface area (Å²) in [5.41, 5.74) is 4.27. The Kier molecular flexibility index (Phi) is 4.03. The van der Waals surface area contributed by atoms with Crippen LogP contribution in [0.4, 0.5) is 29.7 Å². The van der Waals surface area contributed by atoms with E-state index < -0.39 is 23.7 Å². The highest BCUT2D eigenvalue weighted by atomic mass is 19.4. The molecule has 0 aromatic carbocycles. The largest absolute Gasteiger partial charge is 0.465 e. The lowest BCUT2D eigenvalue weighted by Crippen LogP contribution is -2.58. The number of nitrogens with zero attached hydrogens (tertiary/aromatic N) is 4. The number of nitrogens with two attached hydrogens (primary N) is 1. The molecule has 2 rings (SSSR count). The molecule has 2 heterocycles. The van der Waals surface area contributed by atoms with Crippen molar-refractivity contribution >= 4 is 17.9 Å². The fraction of sp³-hybridized carbons (Fsp3) is 0.583. The van der Waals surface area contributed by atoms with Crippen LogP contribution < -0.4 is 10.6 Å². The second-order valence-corrected chi connectivity index (χ2v) is 5.26. The third-order valence-corrected chi connectivity index (χ3v) is 3.53. The van der Waals surface area contributed by atoms with Gasteiger partial charge in [0, 0.05) is 19.3 Å². The molecule has 7 nitrogen and oxygen atoms in total. The second kappa shape index (κ2) is 5.50. The zero-order chi connectivity index (χ0) is 16.7. The van der Waals surface area contributed by atoms with Crippen molar-refractivity contribution in [2.45, 2.75) is 32.1 Å². The summed E-state index contributed by atoms with van der Waals surface area (Å²) >= 11 is 0. The lowest BCUT2D eigenvalue weighted by molar-refractivity contribution is -0.137. The number of rotatable bonds is 1. The average molecular weight is 319 g/mol. The van der Waals surface area contributed by atoms with Crippen molar-refractivity contribution in [1.82, 2.24) is 14.9 Å². The van der Waals surface area contributed by atoms with Crippen LogP contribution in [0.25, 0.3) is 0 Å². The van der Waals surface area contributed by atoms with E-state index in [1.54, 1.807) is 18.7 Å². The normalized spacial score (nSPS) is 22.8. The van der Waals surface area contributed by atoms with Crippen molar-refractivity contribution in [2.75, 3.05) is 23.7 Å². The minimum absolute atomic E-state index is 0.0641. The van der Waals surface area contributed by atoms with Crippen LogP contribution in [0.1, 0.15) is 19.4 Å². The molecule has 3 N–H and O–H groups in total. The minimum atomic E-state index is -4.61. The molecule has 122 valence electrons. The Balaban J connectivity index is 2.24. The van der Waals surface area contributed by atoms with Crippen LogP contribution in [0.2, 0.25) is 0 Å². The first-order valence-electron chi connectivity index (χ1n) is 6.57. The van der Waals surface area contributed by atoms with Crippen LogP contribution in [-0.4, -0.2) is 51.2 Å². The maximum atomic E-state index is 12.6. The minimum Gasteiger partial charge on any atom is -0.465 e. The molecule has 1 aliphatic rings. The Morgan fingerprint density at radius 3 is 2.32 bits per heavy atom. The Bertz CT molecular complexity index is 568. The number of halogens is 3. The van der Waals surface area contributed by atoms with Crippen LogP contribution in [0.5, 0.6) is 0 Å². The standard InChI is InChI=1S/C12H16F3N5O2/c1-6-4-19(5-7(2)20(6)11(21)22)10-17-3-8(9(16)18-10)12(13,14)15/h3,6-7H,4-5H2,1-2H3,(H,21,22)(H2,16,17,18)/t6-,7+. The van der Waals surface area contributed by atoms with E-state index in [1.807, 2.05) is 0 Å². The van der Waals surface area contributed by atoms with Crippen molar-refractivity contribution in [3.8, 4) is 0 Å². The molecule has 0 radical (unpaired) electrons. The lowest BCUT2D eigenvalue weighted by Gasteiger charge is -2.42. The monoisotopic (exact) mass is 319 g/mol. The molecule has 2 atom stereocenters. The maximum Gasteiger partial charge on any atom is 0.421 e. The molecule has 1 amide bonds. The van der Waals surface area contributed by atoms with Gasteiger partial charge in [0.2, 0.25) is 5.95 Å². The topological polar surface area (TPSA) is 95.6 Å². The van der Waals surface area contributed by atoms with E-state index in [0.717, 1.165) is 0 Å². The molecule has 0 bridgehead atoms. The van der Waals surface area contributed by atoms with Crippen molar-refractivity contribution in [2.24, 2.45) is 0 Å². The van der Waals surface area contributed by atoms with Gasteiger partial charge >= 0.3 is 12.3 Å². The van der Waals surface area contributed by atoms with E-state index in [2.05, 4.69) is 9.97 Å². The summed E-state index contributed by atoms with van der Waals surface area (Å²) < 4.78 is 37.9. The highest BCUT2D eigenvalue weighted by Crippen LogP contribution is 2.33. The van der Waals surface area contributed by atoms with Gasteiger partial charge in [0.1, 0.15) is 11.4 Å². The first-order valence-corrected chi connectivity index (χ1v) is 6.57. The number of nitrogen functional groups attached to an aromatic ring is 1. The molecule has 22 heavy (non-hydrogen) atoms. The molecule has 1 aliphatic heterocycles. The predicted octanol–water partition coefficient (Wildman–Crippen LogP) is 1.65. The lowest BCUT2D eigenvalue weighted by atomic mass is 10.1. The highest BCUT2D eigenvalue weighted by molar-refractivity contribution is 5.66. The molecule has 0 saturated carbocycles. The summed E-state index contributed by atoms with van der Waals surface area (Å²) in [6.07, 6.45) is -4.99. The van der Waals surface area contributed by atoms with Crippen LogP contribution in [0, 0.1) is 0 Å². The smallest absolute Gasteiger partial charge is 0.421 e. The van der Waals surface area contributed by atoms with Gasteiger partial charge in [0.05, 0.1) is 12.1 Å².